The first-order valence-corrected chi connectivity index (χ1v) is 8.31. The van der Waals surface area contributed by atoms with Gasteiger partial charge in [-0.3, -0.25) is 13.8 Å². The monoisotopic (exact) mass is 350 g/mol. The van der Waals surface area contributed by atoms with Gasteiger partial charge in [0, 0.05) is 5.02 Å². The molecule has 0 saturated carbocycles. The molecule has 0 aliphatic rings. The summed E-state index contributed by atoms with van der Waals surface area (Å²) in [5.41, 5.74) is -1.35. The van der Waals surface area contributed by atoms with Crippen molar-refractivity contribution < 1.29 is 18.5 Å². The van der Waals surface area contributed by atoms with E-state index in [2.05, 4.69) is 0 Å². The van der Waals surface area contributed by atoms with E-state index >= 15 is 0 Å². The number of carbonyl (C=O) groups excluding carboxylic acids is 2. The number of Topliss-reactive ketones (excluding diaryl/α,β-unsaturated/α-hetero) is 1. The predicted octanol–water partition coefficient (Wildman–Crippen LogP) is 3.26. The minimum atomic E-state index is -1.68. The molecule has 4 nitrogen and oxygen atoms in total. The zero-order valence-electron chi connectivity index (χ0n) is 11.9. The summed E-state index contributed by atoms with van der Waals surface area (Å²) in [6.45, 7) is 4.73. The fourth-order valence-corrected chi connectivity index (χ4v) is 3.37. The second-order valence-electron chi connectivity index (χ2n) is 4.83. The number of ether oxygens (including phenoxy) is 1. The first-order valence-electron chi connectivity index (χ1n) is 6.24. The molecule has 0 fully saturated rings. The molecule has 116 valence electrons. The van der Waals surface area contributed by atoms with Crippen molar-refractivity contribution in [2.45, 2.75) is 25.7 Å². The molecular formula is C14H16Cl2O4S. The molecule has 0 spiro atoms. The number of carbonyl (C=O) groups is 2. The lowest BCUT2D eigenvalue weighted by atomic mass is 9.89. The Morgan fingerprint density at radius 3 is 2.48 bits per heavy atom. The van der Waals surface area contributed by atoms with Gasteiger partial charge in [-0.05, 0) is 39.0 Å². The highest BCUT2D eigenvalue weighted by Crippen LogP contribution is 2.26. The van der Waals surface area contributed by atoms with E-state index in [0.717, 1.165) is 0 Å². The van der Waals surface area contributed by atoms with Crippen LogP contribution < -0.4 is 0 Å². The molecule has 21 heavy (non-hydrogen) atoms. The van der Waals surface area contributed by atoms with Crippen LogP contribution in [-0.2, 0) is 25.1 Å². The van der Waals surface area contributed by atoms with Gasteiger partial charge in [-0.25, -0.2) is 0 Å². The second-order valence-corrected chi connectivity index (χ2v) is 7.10. The van der Waals surface area contributed by atoms with E-state index in [0.29, 0.717) is 5.02 Å². The average molecular weight is 351 g/mol. The molecule has 0 N–H and O–H groups in total. The molecule has 0 aliphatic heterocycles. The van der Waals surface area contributed by atoms with Crippen molar-refractivity contribution in [2.24, 2.45) is 5.41 Å². The summed E-state index contributed by atoms with van der Waals surface area (Å²) in [6, 6.07) is 4.53. The summed E-state index contributed by atoms with van der Waals surface area (Å²) in [6.07, 6.45) is 0. The molecule has 0 radical (unpaired) electrons. The number of benzene rings is 1. The second kappa shape index (κ2) is 7.38. The van der Waals surface area contributed by atoms with Crippen LogP contribution in [0.1, 0.15) is 20.8 Å². The van der Waals surface area contributed by atoms with Crippen LogP contribution in [0.25, 0.3) is 0 Å². The van der Waals surface area contributed by atoms with Crippen LogP contribution in [0.5, 0.6) is 0 Å². The lowest BCUT2D eigenvalue weighted by molar-refractivity contribution is -0.157. The Kier molecular flexibility index (Phi) is 6.38. The summed E-state index contributed by atoms with van der Waals surface area (Å²) < 4.78 is 17.1. The van der Waals surface area contributed by atoms with Crippen LogP contribution in [0.4, 0.5) is 0 Å². The van der Waals surface area contributed by atoms with E-state index in [4.69, 9.17) is 27.9 Å². The summed E-state index contributed by atoms with van der Waals surface area (Å²) in [4.78, 5) is 24.2. The third-order valence-electron chi connectivity index (χ3n) is 2.88. The third-order valence-corrected chi connectivity index (χ3v) is 4.91. The summed E-state index contributed by atoms with van der Waals surface area (Å²) in [5.74, 6) is -1.44. The maximum Gasteiger partial charge on any atom is 0.319 e. The van der Waals surface area contributed by atoms with Crippen LogP contribution in [-0.4, -0.2) is 28.3 Å². The number of ketones is 1. The predicted molar refractivity (Wildman–Crippen MR) is 83.2 cm³/mol. The highest BCUT2D eigenvalue weighted by molar-refractivity contribution is 7.86. The molecule has 0 aliphatic carbocycles. The van der Waals surface area contributed by atoms with E-state index in [1.54, 1.807) is 13.0 Å². The molecule has 1 unspecified atom stereocenters. The Bertz CT molecular complexity index is 584. The normalized spacial score (nSPS) is 12.8. The zero-order chi connectivity index (χ0) is 16.2. The molecule has 1 rings (SSSR count). The topological polar surface area (TPSA) is 60.4 Å². The quantitative estimate of drug-likeness (QED) is 0.583. The average Bonchev–Trinajstić information content (AvgIpc) is 2.41. The van der Waals surface area contributed by atoms with Crippen molar-refractivity contribution in [2.75, 3.05) is 12.4 Å². The lowest BCUT2D eigenvalue weighted by Gasteiger charge is -2.20. The molecule has 1 aromatic carbocycles. The lowest BCUT2D eigenvalue weighted by Crippen LogP contribution is -2.38. The SMILES string of the molecule is CCOC(=O)C(C)(C)C(=O)CS(=O)c1cc(Cl)ccc1Cl. The number of hydrogen-bond donors (Lipinski definition) is 0. The van der Waals surface area contributed by atoms with Crippen LogP contribution in [0, 0.1) is 5.41 Å². The molecule has 0 heterocycles. The van der Waals surface area contributed by atoms with Crippen molar-refractivity contribution in [3.63, 3.8) is 0 Å². The zero-order valence-corrected chi connectivity index (χ0v) is 14.3. The Morgan fingerprint density at radius 2 is 1.90 bits per heavy atom. The first kappa shape index (κ1) is 18.1. The highest BCUT2D eigenvalue weighted by Gasteiger charge is 2.38. The molecule has 1 atom stereocenters. The van der Waals surface area contributed by atoms with Gasteiger partial charge in [0.1, 0.15) is 5.41 Å². The highest BCUT2D eigenvalue weighted by atomic mass is 35.5. The molecule has 0 amide bonds. The van der Waals surface area contributed by atoms with Crippen molar-refractivity contribution in [1.29, 1.82) is 0 Å². The maximum atomic E-state index is 12.3. The van der Waals surface area contributed by atoms with Crippen molar-refractivity contribution in [3.05, 3.63) is 28.2 Å². The Balaban J connectivity index is 2.90. The number of rotatable bonds is 6. The van der Waals surface area contributed by atoms with Crippen molar-refractivity contribution in [3.8, 4) is 0 Å². The van der Waals surface area contributed by atoms with Gasteiger partial charge < -0.3 is 4.74 Å². The van der Waals surface area contributed by atoms with Crippen LogP contribution in [0.15, 0.2) is 23.1 Å². The fourth-order valence-electron chi connectivity index (χ4n) is 1.45. The summed E-state index contributed by atoms with van der Waals surface area (Å²) in [7, 11) is -1.68. The standard InChI is InChI=1S/C14H16Cl2O4S/c1-4-20-13(18)14(2,3)12(17)8-21(19)11-7-9(15)5-6-10(11)16/h5-7H,4,8H2,1-3H3. The molecule has 0 saturated heterocycles. The molecule has 0 bridgehead atoms. The summed E-state index contributed by atoms with van der Waals surface area (Å²) >= 11 is 11.8. The van der Waals surface area contributed by atoms with Crippen molar-refractivity contribution in [1.82, 2.24) is 0 Å². The van der Waals surface area contributed by atoms with Gasteiger partial charge >= 0.3 is 5.97 Å². The van der Waals surface area contributed by atoms with E-state index in [1.165, 1.54) is 26.0 Å². The molecule has 0 aromatic heterocycles. The first-order chi connectivity index (χ1) is 9.70. The van der Waals surface area contributed by atoms with Gasteiger partial charge in [-0.15, -0.1) is 0 Å². The third kappa shape index (κ3) is 4.53. The Hall–Kier alpha value is -0.910. The van der Waals surface area contributed by atoms with E-state index < -0.39 is 28.0 Å². The largest absolute Gasteiger partial charge is 0.465 e. The van der Waals surface area contributed by atoms with Gasteiger partial charge in [0.05, 0.1) is 33.1 Å². The fraction of sp³-hybridized carbons (Fsp3) is 0.429. The van der Waals surface area contributed by atoms with Gasteiger partial charge in [0.15, 0.2) is 5.78 Å². The summed E-state index contributed by atoms with van der Waals surface area (Å²) in [5, 5.41) is 0.638. The molecule has 1 aromatic rings. The van der Waals surface area contributed by atoms with Gasteiger partial charge in [0.25, 0.3) is 0 Å². The van der Waals surface area contributed by atoms with Crippen LogP contribution in [0.3, 0.4) is 0 Å². The number of halogens is 2. The van der Waals surface area contributed by atoms with E-state index in [-0.39, 0.29) is 22.3 Å². The van der Waals surface area contributed by atoms with Crippen molar-refractivity contribution >= 4 is 45.8 Å². The van der Waals surface area contributed by atoms with Crippen LogP contribution >= 0.6 is 23.2 Å². The van der Waals surface area contributed by atoms with Crippen LogP contribution in [0.2, 0.25) is 10.0 Å². The maximum absolute atomic E-state index is 12.3. The van der Waals surface area contributed by atoms with E-state index in [1.807, 2.05) is 0 Å². The minimum absolute atomic E-state index is 0.179. The number of hydrogen-bond acceptors (Lipinski definition) is 4. The minimum Gasteiger partial charge on any atom is -0.465 e. The van der Waals surface area contributed by atoms with E-state index in [9.17, 15) is 13.8 Å². The number of esters is 1. The molecule has 7 heteroatoms. The smallest absolute Gasteiger partial charge is 0.319 e. The Labute approximate surface area is 136 Å². The Morgan fingerprint density at radius 1 is 1.29 bits per heavy atom. The van der Waals surface area contributed by atoms with Gasteiger partial charge in [0.2, 0.25) is 0 Å². The van der Waals surface area contributed by atoms with Gasteiger partial charge in [-0.2, -0.15) is 0 Å². The molecular weight excluding hydrogens is 335 g/mol. The van der Waals surface area contributed by atoms with Gasteiger partial charge in [-0.1, -0.05) is 23.2 Å².